The summed E-state index contributed by atoms with van der Waals surface area (Å²) in [6.45, 7) is 7.01. The van der Waals surface area contributed by atoms with Gasteiger partial charge in [-0.05, 0) is 44.7 Å². The maximum Gasteiger partial charge on any atom is 0.181 e. The van der Waals surface area contributed by atoms with Gasteiger partial charge in [-0.25, -0.2) is 15.0 Å². The molecular formula is C23H30ClN7O. The second-order valence-corrected chi connectivity index (χ2v) is 8.87. The van der Waals surface area contributed by atoms with Crippen molar-refractivity contribution in [1.29, 1.82) is 0 Å². The molecular weight excluding hydrogens is 426 g/mol. The number of piperidine rings is 1. The zero-order chi connectivity index (χ0) is 22.7. The zero-order valence-corrected chi connectivity index (χ0v) is 19.8. The van der Waals surface area contributed by atoms with Crippen LogP contribution >= 0.6 is 11.6 Å². The normalized spacial score (nSPS) is 14.8. The number of hydrogen-bond acceptors (Lipinski definition) is 7. The SMILES string of the molecule is COc1cnc(-c2c(Cl)cnn2C(C)C)nc1N(C)CC1CCN(c2ccccn2)CC1. The number of nitrogens with zero attached hydrogens (tertiary/aromatic N) is 7. The number of ether oxygens (including phenoxy) is 1. The molecule has 1 saturated heterocycles. The molecule has 0 aliphatic carbocycles. The van der Waals surface area contributed by atoms with Crippen LogP contribution in [0.4, 0.5) is 11.6 Å². The molecule has 0 atom stereocenters. The summed E-state index contributed by atoms with van der Waals surface area (Å²) in [6, 6.07) is 6.22. The molecule has 1 aliphatic heterocycles. The van der Waals surface area contributed by atoms with E-state index in [0.29, 0.717) is 22.5 Å². The van der Waals surface area contributed by atoms with E-state index in [2.05, 4.69) is 51.8 Å². The topological polar surface area (TPSA) is 72.2 Å². The van der Waals surface area contributed by atoms with Crippen molar-refractivity contribution in [2.45, 2.75) is 32.7 Å². The fourth-order valence-corrected chi connectivity index (χ4v) is 4.41. The highest BCUT2D eigenvalue weighted by atomic mass is 35.5. The van der Waals surface area contributed by atoms with E-state index >= 15 is 0 Å². The van der Waals surface area contributed by atoms with Gasteiger partial charge in [-0.15, -0.1) is 0 Å². The third-order valence-electron chi connectivity index (χ3n) is 5.89. The fraction of sp³-hybridized carbons (Fsp3) is 0.478. The van der Waals surface area contributed by atoms with Gasteiger partial charge in [-0.3, -0.25) is 4.68 Å². The van der Waals surface area contributed by atoms with E-state index in [1.165, 1.54) is 0 Å². The molecule has 4 heterocycles. The van der Waals surface area contributed by atoms with E-state index < -0.39 is 0 Å². The predicted molar refractivity (Wildman–Crippen MR) is 128 cm³/mol. The number of hydrogen-bond donors (Lipinski definition) is 0. The van der Waals surface area contributed by atoms with Crippen molar-refractivity contribution in [3.05, 3.63) is 41.8 Å². The van der Waals surface area contributed by atoms with Crippen LogP contribution in [-0.2, 0) is 0 Å². The zero-order valence-electron chi connectivity index (χ0n) is 19.1. The molecule has 0 saturated carbocycles. The smallest absolute Gasteiger partial charge is 0.181 e. The van der Waals surface area contributed by atoms with Gasteiger partial charge in [0.25, 0.3) is 0 Å². The Morgan fingerprint density at radius 3 is 2.62 bits per heavy atom. The molecule has 0 amide bonds. The molecule has 4 rings (SSSR count). The van der Waals surface area contributed by atoms with Crippen LogP contribution < -0.4 is 14.5 Å². The number of rotatable bonds is 7. The van der Waals surface area contributed by atoms with Crippen molar-refractivity contribution in [2.24, 2.45) is 5.92 Å². The first kappa shape index (κ1) is 22.3. The lowest BCUT2D eigenvalue weighted by atomic mass is 9.96. The van der Waals surface area contributed by atoms with Gasteiger partial charge in [0.2, 0.25) is 0 Å². The Morgan fingerprint density at radius 2 is 1.97 bits per heavy atom. The largest absolute Gasteiger partial charge is 0.491 e. The molecule has 8 nitrogen and oxygen atoms in total. The van der Waals surface area contributed by atoms with Crippen LogP contribution in [0.1, 0.15) is 32.7 Å². The van der Waals surface area contributed by atoms with Crippen LogP contribution in [0.3, 0.4) is 0 Å². The van der Waals surface area contributed by atoms with Crippen molar-refractivity contribution in [3.63, 3.8) is 0 Å². The Morgan fingerprint density at radius 1 is 1.19 bits per heavy atom. The van der Waals surface area contributed by atoms with Gasteiger partial charge in [0, 0.05) is 38.9 Å². The van der Waals surface area contributed by atoms with Gasteiger partial charge < -0.3 is 14.5 Å². The fourth-order valence-electron chi connectivity index (χ4n) is 4.19. The minimum absolute atomic E-state index is 0.147. The van der Waals surface area contributed by atoms with Gasteiger partial charge in [-0.1, -0.05) is 17.7 Å². The van der Waals surface area contributed by atoms with Crippen molar-refractivity contribution >= 4 is 23.2 Å². The van der Waals surface area contributed by atoms with Crippen molar-refractivity contribution in [1.82, 2.24) is 24.7 Å². The van der Waals surface area contributed by atoms with Gasteiger partial charge in [0.05, 0.1) is 24.5 Å². The molecule has 32 heavy (non-hydrogen) atoms. The number of methoxy groups -OCH3 is 1. The monoisotopic (exact) mass is 455 g/mol. The average molecular weight is 456 g/mol. The molecule has 0 radical (unpaired) electrons. The maximum atomic E-state index is 6.43. The molecule has 170 valence electrons. The summed E-state index contributed by atoms with van der Waals surface area (Å²) in [6.07, 6.45) is 7.42. The first-order valence-electron chi connectivity index (χ1n) is 11.0. The summed E-state index contributed by atoms with van der Waals surface area (Å²) >= 11 is 6.43. The molecule has 0 aromatic carbocycles. The van der Waals surface area contributed by atoms with Crippen molar-refractivity contribution < 1.29 is 4.74 Å². The van der Waals surface area contributed by atoms with Crippen LogP contribution in [0.25, 0.3) is 11.5 Å². The molecule has 3 aromatic heterocycles. The lowest BCUT2D eigenvalue weighted by Crippen LogP contribution is -2.38. The highest BCUT2D eigenvalue weighted by Crippen LogP contribution is 2.33. The van der Waals surface area contributed by atoms with Crippen LogP contribution in [0.5, 0.6) is 5.75 Å². The molecule has 0 spiro atoms. The number of pyridine rings is 1. The second kappa shape index (κ2) is 9.73. The molecule has 1 fully saturated rings. The number of halogens is 1. The van der Waals surface area contributed by atoms with E-state index in [9.17, 15) is 0 Å². The molecule has 3 aromatic rings. The molecule has 9 heteroatoms. The van der Waals surface area contributed by atoms with Crippen molar-refractivity contribution in [2.75, 3.05) is 43.6 Å². The Kier molecular flexibility index (Phi) is 6.79. The Hall–Kier alpha value is -2.87. The van der Waals surface area contributed by atoms with Crippen LogP contribution in [-0.4, -0.2) is 58.5 Å². The van der Waals surface area contributed by atoms with Crippen LogP contribution in [0.15, 0.2) is 36.8 Å². The summed E-state index contributed by atoms with van der Waals surface area (Å²) in [5.74, 6) is 3.58. The summed E-state index contributed by atoms with van der Waals surface area (Å²) in [5, 5.41) is 4.93. The lowest BCUT2D eigenvalue weighted by Gasteiger charge is -2.35. The van der Waals surface area contributed by atoms with E-state index in [4.69, 9.17) is 21.3 Å². The van der Waals surface area contributed by atoms with E-state index in [0.717, 1.165) is 49.8 Å². The van der Waals surface area contributed by atoms with Gasteiger partial charge in [0.15, 0.2) is 17.4 Å². The molecule has 1 aliphatic rings. The van der Waals surface area contributed by atoms with Crippen LogP contribution in [0, 0.1) is 5.92 Å². The Bertz CT molecular complexity index is 1030. The first-order chi connectivity index (χ1) is 15.5. The summed E-state index contributed by atoms with van der Waals surface area (Å²) < 4.78 is 7.42. The van der Waals surface area contributed by atoms with E-state index in [1.807, 2.05) is 23.0 Å². The summed E-state index contributed by atoms with van der Waals surface area (Å²) in [5.41, 5.74) is 0.725. The molecule has 0 N–H and O–H groups in total. The third-order valence-corrected chi connectivity index (χ3v) is 6.17. The van der Waals surface area contributed by atoms with E-state index in [-0.39, 0.29) is 6.04 Å². The standard InChI is InChI=1S/C23H30ClN7O/c1-16(2)31-21(18(24)13-27-31)22-26-14-19(32-4)23(28-22)29(3)15-17-8-11-30(12-9-17)20-7-5-6-10-25-20/h5-7,10,13-14,16-17H,8-9,11-12,15H2,1-4H3. The Labute approximate surface area is 194 Å². The first-order valence-corrected chi connectivity index (χ1v) is 11.4. The number of anilines is 2. The lowest BCUT2D eigenvalue weighted by molar-refractivity contribution is 0.395. The molecule has 0 bridgehead atoms. The predicted octanol–water partition coefficient (Wildman–Crippen LogP) is 4.33. The average Bonchev–Trinajstić information content (AvgIpc) is 3.21. The highest BCUT2D eigenvalue weighted by molar-refractivity contribution is 6.32. The summed E-state index contributed by atoms with van der Waals surface area (Å²) in [7, 11) is 3.70. The highest BCUT2D eigenvalue weighted by Gasteiger charge is 2.24. The van der Waals surface area contributed by atoms with Crippen LogP contribution in [0.2, 0.25) is 5.02 Å². The summed E-state index contributed by atoms with van der Waals surface area (Å²) in [4.78, 5) is 18.4. The quantitative estimate of drug-likeness (QED) is 0.525. The second-order valence-electron chi connectivity index (χ2n) is 8.46. The van der Waals surface area contributed by atoms with E-state index in [1.54, 1.807) is 19.5 Å². The van der Waals surface area contributed by atoms with Gasteiger partial charge >= 0.3 is 0 Å². The molecule has 0 unspecified atom stereocenters. The third kappa shape index (κ3) is 4.65. The van der Waals surface area contributed by atoms with Gasteiger partial charge in [-0.2, -0.15) is 5.10 Å². The number of aromatic nitrogens is 5. The Balaban J connectivity index is 1.50. The minimum atomic E-state index is 0.147. The minimum Gasteiger partial charge on any atom is -0.491 e. The maximum absolute atomic E-state index is 6.43. The van der Waals surface area contributed by atoms with Gasteiger partial charge in [0.1, 0.15) is 11.5 Å². The van der Waals surface area contributed by atoms with Crippen molar-refractivity contribution in [3.8, 4) is 17.3 Å².